The van der Waals surface area contributed by atoms with Crippen molar-refractivity contribution in [3.8, 4) is 17.1 Å². The minimum absolute atomic E-state index is 0.00427. The van der Waals surface area contributed by atoms with Crippen molar-refractivity contribution in [2.24, 2.45) is 5.73 Å². The molecule has 0 bridgehead atoms. The van der Waals surface area contributed by atoms with Crippen molar-refractivity contribution in [2.75, 3.05) is 30.1 Å². The van der Waals surface area contributed by atoms with Crippen molar-refractivity contribution in [1.82, 2.24) is 9.55 Å². The zero-order valence-corrected chi connectivity index (χ0v) is 15.2. The van der Waals surface area contributed by atoms with Gasteiger partial charge >= 0.3 is 6.09 Å². The number of halogens is 1. The molecule has 1 fully saturated rings. The van der Waals surface area contributed by atoms with Crippen LogP contribution < -0.4 is 20.7 Å². The number of nitrogens with one attached hydrogen (secondary N) is 1. The fraction of sp³-hybridized carbons (Fsp3) is 0.389. The van der Waals surface area contributed by atoms with E-state index in [4.69, 9.17) is 15.2 Å². The number of carbonyl (C=O) groups excluding carboxylic acids is 2. The van der Waals surface area contributed by atoms with Crippen LogP contribution >= 0.6 is 0 Å². The number of nitrogens with zero attached hydrogens (tertiary/aromatic N) is 3. The van der Waals surface area contributed by atoms with Gasteiger partial charge in [0, 0.05) is 18.0 Å². The van der Waals surface area contributed by atoms with Crippen molar-refractivity contribution in [3.05, 3.63) is 24.4 Å². The third-order valence-electron chi connectivity index (χ3n) is 4.77. The zero-order chi connectivity index (χ0) is 19.8. The first kappa shape index (κ1) is 18.1. The lowest BCUT2D eigenvalue weighted by atomic mass is 10.1. The molecule has 4 rings (SSSR count). The zero-order valence-electron chi connectivity index (χ0n) is 15.2. The maximum Gasteiger partial charge on any atom is 0.416 e. The predicted octanol–water partition coefficient (Wildman–Crippen LogP) is 1.52. The van der Waals surface area contributed by atoms with E-state index in [1.54, 1.807) is 25.3 Å². The summed E-state index contributed by atoms with van der Waals surface area (Å²) in [7, 11) is 0. The SMILES string of the molecule is C[C@@H](Nc1ccc2c(c1)OCCn1cc(N3C(=O)OC[C@H]3CF)nc1-2)C(N)=O. The van der Waals surface area contributed by atoms with Crippen LogP contribution in [0.1, 0.15) is 6.92 Å². The van der Waals surface area contributed by atoms with E-state index in [0.29, 0.717) is 36.2 Å². The minimum atomic E-state index is -0.708. The third kappa shape index (κ3) is 3.10. The standard InChI is InChI=1S/C18H20FN5O4/c1-10(16(20)25)21-11-2-3-13-14(6-11)27-5-4-23-8-15(22-17(13)23)24-12(7-19)9-28-18(24)26/h2-3,6,8,10,12,21H,4-5,7,9H2,1H3,(H2,20,25)/t10-,12-/m1/s1. The lowest BCUT2D eigenvalue weighted by molar-refractivity contribution is -0.118. The van der Waals surface area contributed by atoms with Gasteiger partial charge in [-0.2, -0.15) is 0 Å². The Kier molecular flexibility index (Phi) is 4.54. The van der Waals surface area contributed by atoms with E-state index in [0.717, 1.165) is 5.56 Å². The Morgan fingerprint density at radius 1 is 1.46 bits per heavy atom. The maximum absolute atomic E-state index is 13.2. The van der Waals surface area contributed by atoms with E-state index in [1.807, 2.05) is 10.6 Å². The molecule has 1 aromatic carbocycles. The highest BCUT2D eigenvalue weighted by atomic mass is 19.1. The monoisotopic (exact) mass is 389 g/mol. The van der Waals surface area contributed by atoms with Crippen LogP contribution in [0.4, 0.5) is 20.7 Å². The van der Waals surface area contributed by atoms with Crippen LogP contribution in [0.5, 0.6) is 5.75 Å². The predicted molar refractivity (Wildman–Crippen MR) is 99.0 cm³/mol. The Labute approximate surface area is 160 Å². The summed E-state index contributed by atoms with van der Waals surface area (Å²) in [6.07, 6.45) is 1.09. The van der Waals surface area contributed by atoms with Crippen molar-refractivity contribution in [3.63, 3.8) is 0 Å². The number of anilines is 2. The van der Waals surface area contributed by atoms with Crippen LogP contribution in [-0.2, 0) is 16.1 Å². The molecule has 148 valence electrons. The van der Waals surface area contributed by atoms with Crippen molar-refractivity contribution < 1.29 is 23.5 Å². The van der Waals surface area contributed by atoms with Crippen LogP contribution in [0.15, 0.2) is 24.4 Å². The van der Waals surface area contributed by atoms with Gasteiger partial charge in [-0.05, 0) is 19.1 Å². The molecule has 2 aromatic rings. The number of primary amides is 1. The van der Waals surface area contributed by atoms with Gasteiger partial charge in [0.15, 0.2) is 5.82 Å². The number of nitrogens with two attached hydrogens (primary N) is 1. The van der Waals surface area contributed by atoms with Crippen molar-refractivity contribution in [1.29, 1.82) is 0 Å². The van der Waals surface area contributed by atoms with Gasteiger partial charge in [0.05, 0.1) is 12.1 Å². The highest BCUT2D eigenvalue weighted by molar-refractivity contribution is 5.89. The first-order chi connectivity index (χ1) is 13.5. The molecule has 2 aliphatic heterocycles. The van der Waals surface area contributed by atoms with Crippen LogP contribution in [0.3, 0.4) is 0 Å². The van der Waals surface area contributed by atoms with Gasteiger partial charge in [0.1, 0.15) is 43.5 Å². The van der Waals surface area contributed by atoms with E-state index in [1.165, 1.54) is 4.90 Å². The van der Waals surface area contributed by atoms with E-state index in [2.05, 4.69) is 10.3 Å². The Balaban J connectivity index is 1.68. The quantitative estimate of drug-likeness (QED) is 0.802. The fourth-order valence-electron chi connectivity index (χ4n) is 3.25. The number of amides is 2. The number of rotatable bonds is 5. The van der Waals surface area contributed by atoms with Gasteiger partial charge in [-0.15, -0.1) is 0 Å². The Morgan fingerprint density at radius 2 is 2.29 bits per heavy atom. The first-order valence-electron chi connectivity index (χ1n) is 8.90. The number of imidazole rings is 1. The summed E-state index contributed by atoms with van der Waals surface area (Å²) in [4.78, 5) is 29.0. The second-order valence-electron chi connectivity index (χ2n) is 6.70. The number of aromatic nitrogens is 2. The molecule has 3 N–H and O–H groups in total. The van der Waals surface area contributed by atoms with Gasteiger partial charge in [0.25, 0.3) is 0 Å². The van der Waals surface area contributed by atoms with Gasteiger partial charge < -0.3 is 25.1 Å². The largest absolute Gasteiger partial charge is 0.491 e. The highest BCUT2D eigenvalue weighted by Gasteiger charge is 2.36. The Morgan fingerprint density at radius 3 is 3.04 bits per heavy atom. The number of benzene rings is 1. The molecule has 2 amide bonds. The summed E-state index contributed by atoms with van der Waals surface area (Å²) in [6.45, 7) is 1.87. The van der Waals surface area contributed by atoms with Gasteiger partial charge in [-0.3, -0.25) is 9.69 Å². The normalized spacial score (nSPS) is 19.1. The molecule has 0 spiro atoms. The highest BCUT2D eigenvalue weighted by Crippen LogP contribution is 2.36. The molecule has 1 saturated heterocycles. The maximum atomic E-state index is 13.2. The molecule has 1 aromatic heterocycles. The minimum Gasteiger partial charge on any atom is -0.491 e. The van der Waals surface area contributed by atoms with E-state index in [-0.39, 0.29) is 6.61 Å². The lowest BCUT2D eigenvalue weighted by Crippen LogP contribution is -2.35. The van der Waals surface area contributed by atoms with E-state index < -0.39 is 30.8 Å². The van der Waals surface area contributed by atoms with Gasteiger partial charge in [0.2, 0.25) is 5.91 Å². The van der Waals surface area contributed by atoms with Crippen LogP contribution in [-0.4, -0.2) is 53.5 Å². The summed E-state index contributed by atoms with van der Waals surface area (Å²) in [5, 5.41) is 3.01. The number of fused-ring (bicyclic) bond motifs is 3. The molecular formula is C18H20FN5O4. The third-order valence-corrected chi connectivity index (χ3v) is 4.77. The number of hydrogen-bond donors (Lipinski definition) is 2. The molecule has 0 aliphatic carbocycles. The first-order valence-corrected chi connectivity index (χ1v) is 8.90. The Bertz CT molecular complexity index is 931. The smallest absolute Gasteiger partial charge is 0.416 e. The van der Waals surface area contributed by atoms with Gasteiger partial charge in [-0.1, -0.05) is 0 Å². The lowest BCUT2D eigenvalue weighted by Gasteiger charge is -2.16. The molecular weight excluding hydrogens is 369 g/mol. The molecule has 0 saturated carbocycles. The van der Waals surface area contributed by atoms with Crippen LogP contribution in [0.25, 0.3) is 11.4 Å². The molecule has 10 heteroatoms. The van der Waals surface area contributed by atoms with Crippen molar-refractivity contribution >= 4 is 23.5 Å². The fourth-order valence-corrected chi connectivity index (χ4v) is 3.25. The second-order valence-corrected chi connectivity index (χ2v) is 6.70. The molecule has 0 unspecified atom stereocenters. The molecule has 0 radical (unpaired) electrons. The topological polar surface area (TPSA) is 112 Å². The van der Waals surface area contributed by atoms with Crippen LogP contribution in [0, 0.1) is 0 Å². The van der Waals surface area contributed by atoms with Crippen LogP contribution in [0.2, 0.25) is 0 Å². The summed E-state index contributed by atoms with van der Waals surface area (Å²) < 4.78 is 25.9. The molecule has 9 nitrogen and oxygen atoms in total. The van der Waals surface area contributed by atoms with E-state index >= 15 is 0 Å². The summed E-state index contributed by atoms with van der Waals surface area (Å²) in [5.74, 6) is 1.08. The average molecular weight is 389 g/mol. The number of carbonyl (C=O) groups is 2. The second kappa shape index (κ2) is 7.02. The molecule has 3 heterocycles. The number of cyclic esters (lactones) is 1. The molecule has 2 aliphatic rings. The summed E-state index contributed by atoms with van der Waals surface area (Å²) in [5.41, 5.74) is 6.70. The summed E-state index contributed by atoms with van der Waals surface area (Å²) >= 11 is 0. The Hall–Kier alpha value is -3.30. The average Bonchev–Trinajstić information content (AvgIpc) is 3.20. The van der Waals surface area contributed by atoms with E-state index in [9.17, 15) is 14.0 Å². The summed E-state index contributed by atoms with van der Waals surface area (Å²) in [6, 6.07) is 4.17. The number of alkyl halides is 1. The number of hydrogen-bond acceptors (Lipinski definition) is 6. The van der Waals surface area contributed by atoms with Gasteiger partial charge in [-0.25, -0.2) is 14.2 Å². The number of ether oxygens (including phenoxy) is 2. The van der Waals surface area contributed by atoms with Crippen molar-refractivity contribution in [2.45, 2.75) is 25.6 Å². The molecule has 28 heavy (non-hydrogen) atoms. The molecule has 2 atom stereocenters.